The Hall–Kier alpha value is 0.780. The first kappa shape index (κ1) is 13.7. The van der Waals surface area contributed by atoms with E-state index in [0.717, 1.165) is 5.92 Å². The Balaban J connectivity index is 1.44. The standard InChI is InChI=1S/C16H35PS/c1-17(2,13-15-7-5-8-15)14-16(17)9-6-10-18(3,4)11-12-18/h15-16,18H,5-14H2,1-4H3. The van der Waals surface area contributed by atoms with E-state index in [9.17, 15) is 0 Å². The first-order valence-electron chi connectivity index (χ1n) is 8.17. The van der Waals surface area contributed by atoms with Gasteiger partial charge in [-0.1, -0.05) is 0 Å². The predicted octanol–water partition coefficient (Wildman–Crippen LogP) is 4.11. The Morgan fingerprint density at radius 1 is 1.11 bits per heavy atom. The summed E-state index contributed by atoms with van der Waals surface area (Å²) in [5, 5.41) is 0. The summed E-state index contributed by atoms with van der Waals surface area (Å²) in [5.41, 5.74) is 1.19. The molecule has 2 heterocycles. The second kappa shape index (κ2) is 3.70. The van der Waals surface area contributed by atoms with Crippen LogP contribution in [0.5, 0.6) is 0 Å². The molecule has 0 aromatic rings. The molecule has 3 aliphatic rings. The predicted molar refractivity (Wildman–Crippen MR) is 94.3 cm³/mol. The van der Waals surface area contributed by atoms with Crippen molar-refractivity contribution in [2.45, 2.75) is 37.8 Å². The molecule has 2 aliphatic heterocycles. The van der Waals surface area contributed by atoms with Crippen LogP contribution in [0, 0.1) is 5.92 Å². The molecule has 1 aliphatic carbocycles. The molecule has 110 valence electrons. The van der Waals surface area contributed by atoms with Gasteiger partial charge in [0.1, 0.15) is 0 Å². The molecule has 0 aromatic heterocycles. The van der Waals surface area contributed by atoms with E-state index in [0.29, 0.717) is 0 Å². The molecule has 0 bridgehead atoms. The van der Waals surface area contributed by atoms with Crippen LogP contribution < -0.4 is 0 Å². The first-order chi connectivity index (χ1) is 8.17. The zero-order valence-corrected chi connectivity index (χ0v) is 14.9. The monoisotopic (exact) mass is 290 g/mol. The summed E-state index contributed by atoms with van der Waals surface area (Å²) in [6, 6.07) is 0. The van der Waals surface area contributed by atoms with E-state index in [1.807, 2.05) is 0 Å². The summed E-state index contributed by atoms with van der Waals surface area (Å²) >= 11 is 0. The molecule has 2 heteroatoms. The molecular formula is C16H35PS. The molecule has 0 amide bonds. The number of rotatable bonds is 6. The average Bonchev–Trinajstić information content (AvgIpc) is 3.00. The Morgan fingerprint density at radius 3 is 2.28 bits per heavy atom. The van der Waals surface area contributed by atoms with Crippen LogP contribution in [0.4, 0.5) is 0 Å². The summed E-state index contributed by atoms with van der Waals surface area (Å²) in [4.78, 5) is 0. The van der Waals surface area contributed by atoms with E-state index in [1.54, 1.807) is 55.3 Å². The maximum absolute atomic E-state index is 2.73. The van der Waals surface area contributed by atoms with Gasteiger partial charge in [-0.2, -0.15) is 0 Å². The van der Waals surface area contributed by atoms with Crippen molar-refractivity contribution in [1.82, 2.24) is 0 Å². The average molecular weight is 290 g/mol. The van der Waals surface area contributed by atoms with Crippen molar-refractivity contribution in [3.63, 3.8) is 0 Å². The normalized spacial score (nSPS) is 42.6. The minimum absolute atomic E-state index is 0.988. The van der Waals surface area contributed by atoms with E-state index >= 15 is 0 Å². The summed E-state index contributed by atoms with van der Waals surface area (Å²) < 4.78 is 0. The Morgan fingerprint density at radius 2 is 1.78 bits per heavy atom. The summed E-state index contributed by atoms with van der Waals surface area (Å²) in [7, 11) is -0.988. The summed E-state index contributed by atoms with van der Waals surface area (Å²) in [5.74, 6) is 5.99. The van der Waals surface area contributed by atoms with Gasteiger partial charge < -0.3 is 0 Å². The van der Waals surface area contributed by atoms with E-state index < -0.39 is 15.8 Å². The number of hydrogen-bond acceptors (Lipinski definition) is 0. The summed E-state index contributed by atoms with van der Waals surface area (Å²) in [6.45, 7) is 4.33. The molecule has 0 nitrogen and oxygen atoms in total. The third kappa shape index (κ3) is 2.64. The van der Waals surface area contributed by atoms with E-state index in [-0.39, 0.29) is 0 Å². The van der Waals surface area contributed by atoms with E-state index in [4.69, 9.17) is 0 Å². The molecule has 3 fully saturated rings. The Labute approximate surface area is 115 Å². The zero-order valence-electron chi connectivity index (χ0n) is 13.1. The second-order valence-corrected chi connectivity index (χ2v) is 24.4. The third-order valence-corrected chi connectivity index (χ3v) is 17.4. The van der Waals surface area contributed by atoms with Gasteiger partial charge in [0.25, 0.3) is 0 Å². The van der Waals surface area contributed by atoms with Crippen molar-refractivity contribution in [2.24, 2.45) is 5.92 Å². The van der Waals surface area contributed by atoms with Gasteiger partial charge in [0.15, 0.2) is 0 Å². The number of hydrogen-bond donors (Lipinski definition) is 1. The van der Waals surface area contributed by atoms with Crippen LogP contribution in [0.1, 0.15) is 32.1 Å². The van der Waals surface area contributed by atoms with Crippen molar-refractivity contribution in [3.8, 4) is 0 Å². The van der Waals surface area contributed by atoms with Crippen molar-refractivity contribution in [2.75, 3.05) is 55.4 Å². The molecule has 1 unspecified atom stereocenters. The van der Waals surface area contributed by atoms with Crippen molar-refractivity contribution in [1.29, 1.82) is 0 Å². The van der Waals surface area contributed by atoms with Crippen molar-refractivity contribution in [3.05, 3.63) is 0 Å². The SMILES string of the molecule is CP1(C)(CC2CCC2)CC1CCC[SH]1(C)(C)CC1. The zero-order chi connectivity index (χ0) is 13.1. The minimum atomic E-state index is -1.12. The van der Waals surface area contributed by atoms with Gasteiger partial charge in [-0.3, -0.25) is 0 Å². The Bertz CT molecular complexity index is 359. The molecule has 2 saturated heterocycles. The Kier molecular flexibility index (Phi) is 2.83. The first-order valence-corrected chi connectivity index (χ1v) is 15.4. The van der Waals surface area contributed by atoms with Crippen LogP contribution in [0.2, 0.25) is 0 Å². The molecule has 1 atom stereocenters. The molecular weight excluding hydrogens is 255 g/mol. The fraction of sp³-hybridized carbons (Fsp3) is 1.00. The van der Waals surface area contributed by atoms with Crippen LogP contribution in [0.15, 0.2) is 0 Å². The molecule has 0 spiro atoms. The molecule has 0 radical (unpaired) electrons. The van der Waals surface area contributed by atoms with Crippen LogP contribution in [-0.2, 0) is 0 Å². The van der Waals surface area contributed by atoms with Crippen molar-refractivity contribution < 1.29 is 0 Å². The van der Waals surface area contributed by atoms with Gasteiger partial charge >= 0.3 is 115 Å². The number of thiol groups is 1. The molecule has 3 rings (SSSR count). The topological polar surface area (TPSA) is 0 Å². The van der Waals surface area contributed by atoms with E-state index in [1.165, 1.54) is 12.1 Å². The van der Waals surface area contributed by atoms with Gasteiger partial charge in [0, 0.05) is 0 Å². The summed E-state index contributed by atoms with van der Waals surface area (Å²) in [6.07, 6.45) is 16.4. The van der Waals surface area contributed by atoms with Crippen LogP contribution in [0.3, 0.4) is 0 Å². The van der Waals surface area contributed by atoms with E-state index in [2.05, 4.69) is 25.8 Å². The maximum atomic E-state index is 2.73. The fourth-order valence-corrected chi connectivity index (χ4v) is 14.5. The molecule has 0 N–H and O–H groups in total. The van der Waals surface area contributed by atoms with Gasteiger partial charge in [-0.15, -0.1) is 0 Å². The van der Waals surface area contributed by atoms with Crippen LogP contribution in [0.25, 0.3) is 0 Å². The fourth-order valence-electron chi connectivity index (χ4n) is 4.29. The second-order valence-electron chi connectivity index (χ2n) is 9.96. The third-order valence-electron chi connectivity index (χ3n) is 6.90. The van der Waals surface area contributed by atoms with Gasteiger partial charge in [0.05, 0.1) is 0 Å². The van der Waals surface area contributed by atoms with Crippen molar-refractivity contribution >= 4 is 15.8 Å². The van der Waals surface area contributed by atoms with Crippen LogP contribution >= 0.6 is 15.8 Å². The van der Waals surface area contributed by atoms with Gasteiger partial charge in [-0.25, -0.2) is 0 Å². The van der Waals surface area contributed by atoms with Gasteiger partial charge in [-0.05, 0) is 0 Å². The van der Waals surface area contributed by atoms with Crippen LogP contribution in [-0.4, -0.2) is 61.1 Å². The molecule has 18 heavy (non-hydrogen) atoms. The molecule has 1 saturated carbocycles. The molecule has 0 aromatic carbocycles. The quantitative estimate of drug-likeness (QED) is 0.425. The van der Waals surface area contributed by atoms with Gasteiger partial charge in [0.2, 0.25) is 0 Å².